The van der Waals surface area contributed by atoms with E-state index in [1.165, 1.54) is 18.2 Å². The van der Waals surface area contributed by atoms with Gasteiger partial charge in [0.2, 0.25) is 11.8 Å². The van der Waals surface area contributed by atoms with Crippen molar-refractivity contribution in [3.8, 4) is 0 Å². The molecular weight excluding hydrogens is 508 g/mol. The lowest BCUT2D eigenvalue weighted by Crippen LogP contribution is -2.71. The van der Waals surface area contributed by atoms with E-state index in [4.69, 9.17) is 16.3 Å². The first kappa shape index (κ1) is 24.8. The Morgan fingerprint density at radius 1 is 1.08 bits per heavy atom. The van der Waals surface area contributed by atoms with Gasteiger partial charge in [-0.1, -0.05) is 67.1 Å². The second-order valence-corrected chi connectivity index (χ2v) is 12.9. The maximum atomic E-state index is 13.8. The molecule has 194 valence electrons. The number of alkyl halides is 1. The number of hydrogen-bond donors (Lipinski definition) is 1. The van der Waals surface area contributed by atoms with Crippen LogP contribution < -0.4 is 5.32 Å². The zero-order valence-electron chi connectivity index (χ0n) is 20.7. The molecule has 2 aromatic carbocycles. The van der Waals surface area contributed by atoms with Crippen molar-refractivity contribution in [3.05, 3.63) is 71.8 Å². The molecule has 4 aliphatic rings. The topological polar surface area (TPSA) is 75.7 Å². The zero-order chi connectivity index (χ0) is 25.7. The number of amides is 2. The molecule has 8 heteroatoms. The molecule has 6 nitrogen and oxygen atoms in total. The zero-order valence-corrected chi connectivity index (χ0v) is 22.3. The van der Waals surface area contributed by atoms with E-state index >= 15 is 0 Å². The van der Waals surface area contributed by atoms with Gasteiger partial charge < -0.3 is 15.0 Å². The molecular formula is C29H31ClN2O4S. The quantitative estimate of drug-likeness (QED) is 0.319. The third-order valence-corrected chi connectivity index (χ3v) is 11.0. The van der Waals surface area contributed by atoms with Crippen molar-refractivity contribution in [3.63, 3.8) is 0 Å². The van der Waals surface area contributed by atoms with E-state index in [0.29, 0.717) is 11.8 Å². The van der Waals surface area contributed by atoms with Gasteiger partial charge in [0, 0.05) is 11.8 Å². The molecule has 2 heterocycles. The Hall–Kier alpha value is -2.51. The minimum absolute atomic E-state index is 0.00433. The molecule has 7 atom stereocenters. The lowest BCUT2D eigenvalue weighted by Gasteiger charge is -2.44. The fraction of sp³-hybridized carbons (Fsp3) is 0.483. The van der Waals surface area contributed by atoms with Gasteiger partial charge in [0.15, 0.2) is 6.10 Å². The summed E-state index contributed by atoms with van der Waals surface area (Å²) in [6, 6.07) is 17.7. The first-order valence-corrected chi connectivity index (χ1v) is 14.5. The number of nitrogens with one attached hydrogen (secondary N) is 1. The smallest absolute Gasteiger partial charge is 0.331 e. The van der Waals surface area contributed by atoms with Gasteiger partial charge in [-0.3, -0.25) is 9.59 Å². The van der Waals surface area contributed by atoms with Gasteiger partial charge in [0.25, 0.3) is 0 Å². The number of thioether (sulfide) groups is 1. The summed E-state index contributed by atoms with van der Waals surface area (Å²) < 4.78 is 5.41. The molecule has 2 bridgehead atoms. The summed E-state index contributed by atoms with van der Waals surface area (Å²) in [7, 11) is 0. The van der Waals surface area contributed by atoms with Crippen molar-refractivity contribution >= 4 is 41.1 Å². The molecule has 3 unspecified atom stereocenters. The highest BCUT2D eigenvalue weighted by Gasteiger charge is 2.66. The van der Waals surface area contributed by atoms with Crippen LogP contribution in [0.2, 0.25) is 0 Å². The van der Waals surface area contributed by atoms with Gasteiger partial charge >= 0.3 is 5.97 Å². The van der Waals surface area contributed by atoms with Gasteiger partial charge in [-0.25, -0.2) is 4.79 Å². The number of fused-ring (bicyclic) bond motifs is 3. The predicted molar refractivity (Wildman–Crippen MR) is 143 cm³/mol. The van der Waals surface area contributed by atoms with Crippen molar-refractivity contribution in [2.45, 2.75) is 60.9 Å². The predicted octanol–water partition coefficient (Wildman–Crippen LogP) is 4.52. The minimum Gasteiger partial charge on any atom is -0.451 e. The largest absolute Gasteiger partial charge is 0.451 e. The second-order valence-electron chi connectivity index (χ2n) is 11.0. The molecule has 2 saturated carbocycles. The van der Waals surface area contributed by atoms with Crippen LogP contribution in [0.3, 0.4) is 0 Å². The number of carbonyl (C=O) groups is 3. The summed E-state index contributed by atoms with van der Waals surface area (Å²) in [5.74, 6) is 0.531. The highest BCUT2D eigenvalue weighted by atomic mass is 35.5. The number of nitrogens with zero attached hydrogens (tertiary/aromatic N) is 1. The molecule has 2 aliphatic heterocycles. The number of esters is 1. The molecule has 2 amide bonds. The van der Waals surface area contributed by atoms with Gasteiger partial charge in [-0.05, 0) is 49.1 Å². The number of carbonyl (C=O) groups excluding carboxylic acids is 3. The number of β-lactam (4-membered cyclic amide) rings is 1. The fourth-order valence-electron chi connectivity index (χ4n) is 6.71. The van der Waals surface area contributed by atoms with Crippen molar-refractivity contribution in [2.24, 2.45) is 17.8 Å². The van der Waals surface area contributed by atoms with E-state index in [1.807, 2.05) is 67.6 Å². The molecule has 4 fully saturated rings. The summed E-state index contributed by atoms with van der Waals surface area (Å²) >= 11 is 7.90. The Labute approximate surface area is 226 Å². The first-order chi connectivity index (χ1) is 17.9. The Balaban J connectivity index is 1.21. The van der Waals surface area contributed by atoms with Crippen molar-refractivity contribution < 1.29 is 19.1 Å². The fourth-order valence-corrected chi connectivity index (χ4v) is 8.66. The van der Waals surface area contributed by atoms with Crippen molar-refractivity contribution in [1.82, 2.24) is 10.2 Å². The third kappa shape index (κ3) is 4.24. The minimum atomic E-state index is -0.835. The summed E-state index contributed by atoms with van der Waals surface area (Å²) in [5, 5.41) is 2.70. The highest BCUT2D eigenvalue weighted by Crippen LogP contribution is 2.53. The molecule has 6 rings (SSSR count). The number of benzene rings is 2. The first-order valence-electron chi connectivity index (χ1n) is 13.1. The van der Waals surface area contributed by atoms with Crippen LogP contribution in [0.4, 0.5) is 0 Å². The number of rotatable bonds is 7. The maximum absolute atomic E-state index is 13.8. The molecule has 2 saturated heterocycles. The highest BCUT2D eigenvalue weighted by molar-refractivity contribution is 8.01. The Bertz CT molecular complexity index is 1160. The second kappa shape index (κ2) is 9.66. The Kier molecular flexibility index (Phi) is 6.48. The summed E-state index contributed by atoms with van der Waals surface area (Å²) in [6.07, 6.45) is 3.77. The van der Waals surface area contributed by atoms with Crippen LogP contribution in [0.15, 0.2) is 60.7 Å². The van der Waals surface area contributed by atoms with E-state index in [-0.39, 0.29) is 29.0 Å². The van der Waals surface area contributed by atoms with Gasteiger partial charge in [0.05, 0.1) is 4.75 Å². The maximum Gasteiger partial charge on any atom is 0.331 e. The van der Waals surface area contributed by atoms with E-state index in [2.05, 4.69) is 5.32 Å². The van der Waals surface area contributed by atoms with E-state index in [9.17, 15) is 14.4 Å². The van der Waals surface area contributed by atoms with E-state index < -0.39 is 28.9 Å². The monoisotopic (exact) mass is 538 g/mol. The molecule has 37 heavy (non-hydrogen) atoms. The van der Waals surface area contributed by atoms with Gasteiger partial charge in [0.1, 0.15) is 17.5 Å². The molecule has 2 aromatic rings. The van der Waals surface area contributed by atoms with Crippen LogP contribution in [-0.2, 0) is 19.1 Å². The van der Waals surface area contributed by atoms with Gasteiger partial charge in [-0.15, -0.1) is 23.4 Å². The molecule has 2 aliphatic carbocycles. The average Bonchev–Trinajstić information content (AvgIpc) is 3.64. The van der Waals surface area contributed by atoms with Crippen LogP contribution in [0, 0.1) is 17.8 Å². The van der Waals surface area contributed by atoms with Crippen LogP contribution in [0.1, 0.15) is 49.8 Å². The lowest BCUT2D eigenvalue weighted by molar-refractivity contribution is -0.167. The third-order valence-electron chi connectivity index (χ3n) is 8.63. The SMILES string of the molecule is C[C@@]1(CCl)S[C@H]2[C@H](NC(=O)C3CC4CCC3C4)C(=O)N2[C@H]1C(=O)OC(c1ccccc1)c1ccccc1. The van der Waals surface area contributed by atoms with Crippen LogP contribution in [0.25, 0.3) is 0 Å². The van der Waals surface area contributed by atoms with Crippen LogP contribution >= 0.6 is 23.4 Å². The number of hydrogen-bond acceptors (Lipinski definition) is 5. The summed E-state index contributed by atoms with van der Waals surface area (Å²) in [4.78, 5) is 41.8. The van der Waals surface area contributed by atoms with Gasteiger partial charge in [-0.2, -0.15) is 0 Å². The lowest BCUT2D eigenvalue weighted by atomic mass is 9.87. The number of ether oxygens (including phenoxy) is 1. The molecule has 1 N–H and O–H groups in total. The summed E-state index contributed by atoms with van der Waals surface area (Å²) in [5.41, 5.74) is 1.70. The molecule has 0 aromatic heterocycles. The molecule has 0 spiro atoms. The number of halogens is 1. The standard InChI is InChI=1S/C29H31ClN2O4S/c1-29(16-30)24(28(35)36-23(18-8-4-2-5-9-18)19-10-6-3-7-11-19)32-26(34)22(27(32)37-29)31-25(33)21-15-17-12-13-20(21)14-17/h2-11,17,20-24,27H,12-16H2,1H3,(H,31,33)/t17?,20?,21?,22-,24+,27+,29+/m1/s1. The summed E-state index contributed by atoms with van der Waals surface area (Å²) in [6.45, 7) is 1.90. The van der Waals surface area contributed by atoms with E-state index in [1.54, 1.807) is 4.90 Å². The van der Waals surface area contributed by atoms with Crippen molar-refractivity contribution in [1.29, 1.82) is 0 Å². The van der Waals surface area contributed by atoms with E-state index in [0.717, 1.165) is 30.4 Å². The Morgan fingerprint density at radius 2 is 1.73 bits per heavy atom. The molecule has 0 radical (unpaired) electrons. The van der Waals surface area contributed by atoms with Crippen LogP contribution in [-0.4, -0.2) is 50.8 Å². The van der Waals surface area contributed by atoms with Crippen molar-refractivity contribution in [2.75, 3.05) is 5.88 Å². The van der Waals surface area contributed by atoms with Crippen LogP contribution in [0.5, 0.6) is 0 Å². The normalized spacial score (nSPS) is 33.8. The average molecular weight is 539 g/mol. The Morgan fingerprint density at radius 3 is 2.27 bits per heavy atom.